The molecule has 3 N–H and O–H groups in total. The van der Waals surface area contributed by atoms with Gasteiger partial charge in [0.1, 0.15) is 41.0 Å². The van der Waals surface area contributed by atoms with Crippen LogP contribution in [0.25, 0.3) is 32.1 Å². The molecule has 0 radical (unpaired) electrons. The number of fused-ring (bicyclic) bond motifs is 5. The van der Waals surface area contributed by atoms with Crippen molar-refractivity contribution in [2.45, 2.75) is 56.1 Å². The van der Waals surface area contributed by atoms with Crippen molar-refractivity contribution in [1.29, 1.82) is 5.26 Å². The number of rotatable bonds is 5. The quantitative estimate of drug-likeness (QED) is 0.231. The number of nitriles is 1. The number of nitrogens with zero attached hydrogens (tertiary/aromatic N) is 5. The Morgan fingerprint density at radius 1 is 1.17 bits per heavy atom. The first-order valence-corrected chi connectivity index (χ1v) is 16.7. The number of piperidine rings is 1. The van der Waals surface area contributed by atoms with Crippen molar-refractivity contribution in [3.05, 3.63) is 41.0 Å². The molecule has 5 heterocycles. The summed E-state index contributed by atoms with van der Waals surface area (Å²) in [5.74, 6) is -2.21. The summed E-state index contributed by atoms with van der Waals surface area (Å²) in [5.41, 5.74) is 2.03. The van der Waals surface area contributed by atoms with Crippen molar-refractivity contribution in [3.63, 3.8) is 0 Å². The third-order valence-corrected chi connectivity index (χ3v) is 11.6. The van der Waals surface area contributed by atoms with E-state index in [4.69, 9.17) is 10.5 Å². The van der Waals surface area contributed by atoms with Crippen LogP contribution in [0.3, 0.4) is 0 Å². The molecule has 4 fully saturated rings. The maximum atomic E-state index is 17.0. The second kappa shape index (κ2) is 11.1. The summed E-state index contributed by atoms with van der Waals surface area (Å²) in [4.78, 5) is 12.6. The van der Waals surface area contributed by atoms with Crippen LogP contribution in [0.15, 0.2) is 18.2 Å². The summed E-state index contributed by atoms with van der Waals surface area (Å²) in [6.07, 6.45) is -3.62. The number of aromatic nitrogens is 2. The number of aliphatic hydroxyl groups is 1. The van der Waals surface area contributed by atoms with E-state index in [0.717, 1.165) is 31.0 Å². The molecule has 15 heteroatoms. The van der Waals surface area contributed by atoms with Gasteiger partial charge in [0.05, 0.1) is 27.5 Å². The van der Waals surface area contributed by atoms with Crippen LogP contribution in [0, 0.1) is 34.8 Å². The first-order valence-electron chi connectivity index (χ1n) is 15.8. The standard InChI is InChI=1S/C33H30F6N6O2S/c34-17-9-32(4-1-5-45(32)13-17)14-47-31-42-27-19(30(43-31)44-11-15-6-16(12-44)23(46)7-15)8-21(33(37,38)39)25(26(27)36)18-2-3-22(35)28-24(18)20(10-40)29(41)48-28/h2-3,8,15-17,23,46H,1,4-7,9,11-14,41H2. The highest BCUT2D eigenvalue weighted by Gasteiger charge is 2.49. The van der Waals surface area contributed by atoms with Crippen LogP contribution in [-0.4, -0.2) is 70.6 Å². The number of benzene rings is 2. The smallest absolute Gasteiger partial charge is 0.417 e. The maximum absolute atomic E-state index is 17.0. The summed E-state index contributed by atoms with van der Waals surface area (Å²) in [6, 6.07) is 4.27. The van der Waals surface area contributed by atoms with E-state index >= 15 is 4.39 Å². The molecule has 8 nitrogen and oxygen atoms in total. The number of thiophene rings is 1. The lowest BCUT2D eigenvalue weighted by molar-refractivity contribution is -0.137. The molecule has 4 aliphatic rings. The number of hydrogen-bond donors (Lipinski definition) is 2. The van der Waals surface area contributed by atoms with E-state index in [9.17, 15) is 32.3 Å². The number of ether oxygens (including phenoxy) is 1. The third-order valence-electron chi connectivity index (χ3n) is 10.6. The minimum Gasteiger partial charge on any atom is -0.461 e. The zero-order valence-electron chi connectivity index (χ0n) is 25.5. The minimum atomic E-state index is -5.08. The van der Waals surface area contributed by atoms with Crippen molar-refractivity contribution in [3.8, 4) is 23.2 Å². The summed E-state index contributed by atoms with van der Waals surface area (Å²) in [5, 5.41) is 19.8. The van der Waals surface area contributed by atoms with E-state index < -0.39 is 52.3 Å². The molecule has 1 aliphatic carbocycles. The lowest BCUT2D eigenvalue weighted by Crippen LogP contribution is -2.43. The van der Waals surface area contributed by atoms with Crippen LogP contribution >= 0.6 is 11.3 Å². The number of halogens is 6. The molecule has 2 aromatic heterocycles. The fourth-order valence-corrected chi connectivity index (χ4v) is 9.49. The van der Waals surface area contributed by atoms with E-state index in [-0.39, 0.29) is 81.4 Å². The van der Waals surface area contributed by atoms with E-state index in [2.05, 4.69) is 9.97 Å². The fourth-order valence-electron chi connectivity index (χ4n) is 8.54. The van der Waals surface area contributed by atoms with Crippen molar-refractivity contribution in [2.75, 3.05) is 43.4 Å². The predicted molar refractivity (Wildman–Crippen MR) is 167 cm³/mol. The van der Waals surface area contributed by atoms with Crippen molar-refractivity contribution in [1.82, 2.24) is 14.9 Å². The molecule has 2 aromatic carbocycles. The summed E-state index contributed by atoms with van der Waals surface area (Å²) in [6.45, 7) is 1.65. The average Bonchev–Trinajstić information content (AvgIpc) is 3.74. The topological polar surface area (TPSA) is 112 Å². The van der Waals surface area contributed by atoms with E-state index in [1.165, 1.54) is 0 Å². The number of nitrogens with two attached hydrogens (primary N) is 1. The molecular formula is C33H30F6N6O2S. The van der Waals surface area contributed by atoms with Gasteiger partial charge < -0.3 is 20.5 Å². The highest BCUT2D eigenvalue weighted by Crippen LogP contribution is 2.49. The molecule has 2 bridgehead atoms. The van der Waals surface area contributed by atoms with Gasteiger partial charge in [-0.2, -0.15) is 28.4 Å². The fraction of sp³-hybridized carbons (Fsp3) is 0.485. The normalized spacial score (nSPS) is 27.2. The molecule has 5 unspecified atom stereocenters. The summed E-state index contributed by atoms with van der Waals surface area (Å²) >= 11 is 0.691. The van der Waals surface area contributed by atoms with E-state index in [0.29, 0.717) is 37.3 Å². The predicted octanol–water partition coefficient (Wildman–Crippen LogP) is 6.42. The molecule has 252 valence electrons. The molecule has 48 heavy (non-hydrogen) atoms. The van der Waals surface area contributed by atoms with Crippen LogP contribution in [0.2, 0.25) is 0 Å². The van der Waals surface area contributed by atoms with Crippen molar-refractivity contribution >= 4 is 43.1 Å². The molecule has 8 rings (SSSR count). The Balaban J connectivity index is 1.34. The van der Waals surface area contributed by atoms with Crippen LogP contribution in [0.1, 0.15) is 43.2 Å². The van der Waals surface area contributed by atoms with Crippen molar-refractivity contribution < 1.29 is 36.2 Å². The largest absolute Gasteiger partial charge is 0.461 e. The van der Waals surface area contributed by atoms with Crippen LogP contribution < -0.4 is 15.4 Å². The van der Waals surface area contributed by atoms with Gasteiger partial charge in [0, 0.05) is 48.3 Å². The van der Waals surface area contributed by atoms with E-state index in [1.807, 2.05) is 11.0 Å². The maximum Gasteiger partial charge on any atom is 0.417 e. The SMILES string of the molecule is N#Cc1c(N)sc2c(F)ccc(-c3c(C(F)(F)F)cc4c(N5CC6CC(O)C(C6)C5)nc(OCC56CCCN5CC(F)C6)nc4c3F)c12. The van der Waals surface area contributed by atoms with Crippen LogP contribution in [0.5, 0.6) is 6.01 Å². The molecule has 0 amide bonds. The van der Waals surface area contributed by atoms with Crippen LogP contribution in [-0.2, 0) is 6.18 Å². The first kappa shape index (κ1) is 31.4. The summed E-state index contributed by atoms with van der Waals surface area (Å²) in [7, 11) is 0. The molecule has 5 atom stereocenters. The zero-order valence-corrected chi connectivity index (χ0v) is 26.3. The Morgan fingerprint density at radius 3 is 2.73 bits per heavy atom. The number of hydrogen-bond acceptors (Lipinski definition) is 9. The van der Waals surface area contributed by atoms with Gasteiger partial charge in [-0.25, -0.2) is 13.2 Å². The minimum absolute atomic E-state index is 0.00966. The van der Waals surface area contributed by atoms with E-state index in [1.54, 1.807) is 4.90 Å². The second-order valence-corrected chi connectivity index (χ2v) is 14.6. The highest BCUT2D eigenvalue weighted by atomic mass is 32.1. The van der Waals surface area contributed by atoms with Gasteiger partial charge in [0.15, 0.2) is 5.82 Å². The average molecular weight is 689 g/mol. The molecule has 3 saturated heterocycles. The zero-order chi connectivity index (χ0) is 33.7. The molecule has 3 aliphatic heterocycles. The van der Waals surface area contributed by atoms with Gasteiger partial charge in [0.2, 0.25) is 0 Å². The lowest BCUT2D eigenvalue weighted by Gasteiger charge is -2.34. The van der Waals surface area contributed by atoms with Gasteiger partial charge >= 0.3 is 12.2 Å². The Morgan fingerprint density at radius 2 is 1.98 bits per heavy atom. The molecular weight excluding hydrogens is 658 g/mol. The molecule has 4 aromatic rings. The van der Waals surface area contributed by atoms with Gasteiger partial charge in [-0.15, -0.1) is 11.3 Å². The second-order valence-electron chi connectivity index (χ2n) is 13.5. The highest BCUT2D eigenvalue weighted by molar-refractivity contribution is 7.23. The monoisotopic (exact) mass is 688 g/mol. The van der Waals surface area contributed by atoms with Gasteiger partial charge in [0.25, 0.3) is 0 Å². The van der Waals surface area contributed by atoms with Gasteiger partial charge in [-0.1, -0.05) is 6.07 Å². The first-order chi connectivity index (χ1) is 22.9. The Labute approximate surface area is 274 Å². The molecule has 1 saturated carbocycles. The Bertz CT molecular complexity index is 2010. The van der Waals surface area contributed by atoms with Crippen molar-refractivity contribution in [2.24, 2.45) is 11.8 Å². The molecule has 0 spiro atoms. The summed E-state index contributed by atoms with van der Waals surface area (Å²) < 4.78 is 97.1. The van der Waals surface area contributed by atoms with Crippen LogP contribution in [0.4, 0.5) is 37.2 Å². The number of aliphatic hydroxyl groups excluding tert-OH is 1. The third kappa shape index (κ3) is 4.86. The van der Waals surface area contributed by atoms with Gasteiger partial charge in [-0.05, 0) is 55.8 Å². The number of alkyl halides is 4. The Kier molecular flexibility index (Phi) is 7.25. The lowest BCUT2D eigenvalue weighted by atomic mass is 9.92. The number of anilines is 2. The number of nitrogen functional groups attached to an aromatic ring is 1. The van der Waals surface area contributed by atoms with Gasteiger partial charge in [-0.3, -0.25) is 4.90 Å². The Hall–Kier alpha value is -3.87.